The molecule has 0 saturated carbocycles. The van der Waals surface area contributed by atoms with Gasteiger partial charge in [-0.1, -0.05) is 170 Å². The third-order valence-corrected chi connectivity index (χ3v) is 11.6. The minimum Gasteiger partial charge on any atom is -0.457 e. The third kappa shape index (κ3) is 4.64. The molecule has 0 N–H and O–H groups in total. The van der Waals surface area contributed by atoms with E-state index in [0.29, 0.717) is 0 Å². The van der Waals surface area contributed by atoms with Crippen molar-refractivity contribution in [3.05, 3.63) is 227 Å². The molecular weight excluding hydrogens is 671 g/mol. The predicted octanol–water partition coefficient (Wildman–Crippen LogP) is 11.8. The molecule has 0 amide bonds. The molecule has 11 rings (SSSR count). The summed E-state index contributed by atoms with van der Waals surface area (Å²) < 4.78 is 6.59. The van der Waals surface area contributed by atoms with E-state index in [1.165, 1.54) is 49.9 Å². The van der Waals surface area contributed by atoms with Crippen molar-refractivity contribution in [1.29, 1.82) is 0 Å². The minimum absolute atomic E-state index is 0.220. The molecule has 2 heterocycles. The summed E-state index contributed by atoms with van der Waals surface area (Å²) in [5.74, 6) is 3.42. The fourth-order valence-corrected chi connectivity index (χ4v) is 9.20. The van der Waals surface area contributed by atoms with Gasteiger partial charge in [0.25, 0.3) is 0 Å². The molecular formula is C51H35N3O. The number of fused-ring (bicyclic) bond motifs is 10. The van der Waals surface area contributed by atoms with Crippen molar-refractivity contribution >= 4 is 22.4 Å². The smallest absolute Gasteiger partial charge is 0.159 e. The molecule has 0 bridgehead atoms. The summed E-state index contributed by atoms with van der Waals surface area (Å²) in [6, 6.07) is 67.1. The molecule has 55 heavy (non-hydrogen) atoms. The average molecular weight is 706 g/mol. The molecule has 0 fully saturated rings. The number of para-hydroxylation sites is 2. The van der Waals surface area contributed by atoms with Crippen molar-refractivity contribution in [2.24, 2.45) is 9.98 Å². The van der Waals surface area contributed by atoms with Gasteiger partial charge in [0.15, 0.2) is 5.84 Å². The van der Waals surface area contributed by atoms with Crippen molar-refractivity contribution < 1.29 is 4.74 Å². The van der Waals surface area contributed by atoms with Crippen molar-refractivity contribution in [2.75, 3.05) is 7.05 Å². The number of benzene rings is 8. The third-order valence-electron chi connectivity index (χ3n) is 11.6. The van der Waals surface area contributed by atoms with Crippen LogP contribution >= 0.6 is 0 Å². The van der Waals surface area contributed by atoms with Crippen LogP contribution in [0, 0.1) is 0 Å². The molecule has 2 aliphatic heterocycles. The standard InChI is InChI=1S/C51H35N3O/c1-54-49(34-18-6-3-7-19-34)52-48(33-16-4-2-5-17-33)53-50(54)41-24-15-22-37-36(21-14-23-38(37)41)35-30-31-40-39-20-8-9-25-42(39)51(45(40)32-35)43-26-10-12-28-46(43)55-47-29-13-11-27-44(47)51/h2-32,49H,1H3. The van der Waals surface area contributed by atoms with Crippen LogP contribution in [-0.2, 0) is 5.41 Å². The zero-order valence-corrected chi connectivity index (χ0v) is 30.2. The van der Waals surface area contributed by atoms with E-state index in [1.807, 2.05) is 18.2 Å². The molecule has 4 heteroatoms. The first-order chi connectivity index (χ1) is 27.2. The van der Waals surface area contributed by atoms with Crippen LogP contribution in [0.1, 0.15) is 45.1 Å². The molecule has 0 aromatic heterocycles. The average Bonchev–Trinajstić information content (AvgIpc) is 3.54. The fourth-order valence-electron chi connectivity index (χ4n) is 9.20. The van der Waals surface area contributed by atoms with E-state index in [1.54, 1.807) is 0 Å². The molecule has 8 aromatic rings. The van der Waals surface area contributed by atoms with E-state index in [0.717, 1.165) is 45.2 Å². The van der Waals surface area contributed by atoms with Crippen LogP contribution in [0.4, 0.5) is 0 Å². The van der Waals surface area contributed by atoms with Crippen molar-refractivity contribution in [3.8, 4) is 33.8 Å². The zero-order valence-electron chi connectivity index (χ0n) is 30.2. The Morgan fingerprint density at radius 2 is 1.04 bits per heavy atom. The highest BCUT2D eigenvalue weighted by Crippen LogP contribution is 2.62. The quantitative estimate of drug-likeness (QED) is 0.183. The number of ether oxygens (including phenoxy) is 1. The highest BCUT2D eigenvalue weighted by molar-refractivity contribution is 6.18. The van der Waals surface area contributed by atoms with Crippen LogP contribution in [0.2, 0.25) is 0 Å². The second kappa shape index (κ2) is 12.3. The summed E-state index contributed by atoms with van der Waals surface area (Å²) in [5, 5.41) is 2.32. The van der Waals surface area contributed by atoms with E-state index in [-0.39, 0.29) is 6.17 Å². The van der Waals surface area contributed by atoms with Gasteiger partial charge in [-0.05, 0) is 67.9 Å². The van der Waals surface area contributed by atoms with E-state index >= 15 is 0 Å². The summed E-state index contributed by atoms with van der Waals surface area (Å²) >= 11 is 0. The summed E-state index contributed by atoms with van der Waals surface area (Å²) in [6.07, 6.45) is -0.220. The van der Waals surface area contributed by atoms with Crippen molar-refractivity contribution in [3.63, 3.8) is 0 Å². The van der Waals surface area contributed by atoms with Crippen molar-refractivity contribution in [1.82, 2.24) is 4.90 Å². The monoisotopic (exact) mass is 705 g/mol. The topological polar surface area (TPSA) is 37.2 Å². The summed E-state index contributed by atoms with van der Waals surface area (Å²) in [4.78, 5) is 12.7. The Hall–Kier alpha value is -7.04. The Labute approximate surface area is 320 Å². The van der Waals surface area contributed by atoms with Gasteiger partial charge in [-0.3, -0.25) is 0 Å². The second-order valence-corrected chi connectivity index (χ2v) is 14.5. The van der Waals surface area contributed by atoms with Gasteiger partial charge in [-0.2, -0.15) is 0 Å². The lowest BCUT2D eigenvalue weighted by molar-refractivity contribution is 0.383. The van der Waals surface area contributed by atoms with E-state index in [4.69, 9.17) is 14.7 Å². The van der Waals surface area contributed by atoms with Gasteiger partial charge < -0.3 is 9.64 Å². The first kappa shape index (κ1) is 31.5. The molecule has 4 nitrogen and oxygen atoms in total. The first-order valence-electron chi connectivity index (χ1n) is 18.8. The number of amidine groups is 2. The summed E-state index contributed by atoms with van der Waals surface area (Å²) in [5.41, 5.74) is 12.4. The molecule has 260 valence electrons. The van der Waals surface area contributed by atoms with Gasteiger partial charge in [-0.15, -0.1) is 0 Å². The lowest BCUT2D eigenvalue weighted by Crippen LogP contribution is -2.35. The maximum atomic E-state index is 6.59. The van der Waals surface area contributed by atoms with Crippen molar-refractivity contribution in [2.45, 2.75) is 11.6 Å². The molecule has 8 aromatic carbocycles. The van der Waals surface area contributed by atoms with Crippen LogP contribution in [0.5, 0.6) is 11.5 Å². The Morgan fingerprint density at radius 1 is 0.473 bits per heavy atom. The van der Waals surface area contributed by atoms with Gasteiger partial charge >= 0.3 is 0 Å². The van der Waals surface area contributed by atoms with Crippen LogP contribution in [0.25, 0.3) is 33.0 Å². The van der Waals surface area contributed by atoms with Crippen LogP contribution in [0.3, 0.4) is 0 Å². The van der Waals surface area contributed by atoms with Crippen LogP contribution in [-0.4, -0.2) is 23.6 Å². The highest BCUT2D eigenvalue weighted by atomic mass is 16.5. The molecule has 1 atom stereocenters. The minimum atomic E-state index is -0.526. The van der Waals surface area contributed by atoms with Gasteiger partial charge in [0.1, 0.15) is 23.5 Å². The van der Waals surface area contributed by atoms with Crippen LogP contribution < -0.4 is 4.74 Å². The number of rotatable bonds is 4. The van der Waals surface area contributed by atoms with E-state index < -0.39 is 5.41 Å². The number of aliphatic imine (C=N–C) groups is 2. The predicted molar refractivity (Wildman–Crippen MR) is 223 cm³/mol. The maximum absolute atomic E-state index is 6.59. The molecule has 3 aliphatic rings. The Morgan fingerprint density at radius 3 is 1.76 bits per heavy atom. The fraction of sp³-hybridized carbons (Fsp3) is 0.0588. The molecule has 0 radical (unpaired) electrons. The number of hydrogen-bond donors (Lipinski definition) is 0. The van der Waals surface area contributed by atoms with Gasteiger partial charge in [0, 0.05) is 29.3 Å². The number of nitrogens with zero attached hydrogens (tertiary/aromatic N) is 3. The normalized spacial score (nSPS) is 16.0. The zero-order chi connectivity index (χ0) is 36.5. The van der Waals surface area contributed by atoms with Gasteiger partial charge in [0.2, 0.25) is 0 Å². The highest BCUT2D eigenvalue weighted by Gasteiger charge is 2.51. The van der Waals surface area contributed by atoms with Gasteiger partial charge in [0.05, 0.1) is 5.41 Å². The maximum Gasteiger partial charge on any atom is 0.159 e. The number of hydrogen-bond acceptors (Lipinski definition) is 4. The van der Waals surface area contributed by atoms with E-state index in [2.05, 4.69) is 182 Å². The Bertz CT molecular complexity index is 2830. The molecule has 1 aliphatic carbocycles. The molecule has 1 spiro atoms. The molecule has 0 saturated heterocycles. The second-order valence-electron chi connectivity index (χ2n) is 14.5. The van der Waals surface area contributed by atoms with Gasteiger partial charge in [-0.25, -0.2) is 9.98 Å². The SMILES string of the molecule is CN1C(c2cccc3c(-c4ccc5c(c4)C4(c6ccccc6Oc6ccccc64)c4ccccc4-5)cccc23)=NC(c2ccccc2)=NC1c1ccccc1. The summed E-state index contributed by atoms with van der Waals surface area (Å²) in [6.45, 7) is 0. The Balaban J connectivity index is 1.11. The largest absolute Gasteiger partial charge is 0.457 e. The lowest BCUT2D eigenvalue weighted by Gasteiger charge is -2.39. The van der Waals surface area contributed by atoms with E-state index in [9.17, 15) is 0 Å². The first-order valence-corrected chi connectivity index (χ1v) is 18.8. The molecule has 1 unspecified atom stereocenters. The van der Waals surface area contributed by atoms with Crippen LogP contribution in [0.15, 0.2) is 198 Å². The Kier molecular flexibility index (Phi) is 7.02. The summed E-state index contributed by atoms with van der Waals surface area (Å²) in [7, 11) is 2.10. The lowest BCUT2D eigenvalue weighted by atomic mass is 9.66.